The molecule has 2 aliphatic rings. The molecule has 0 aliphatic carbocycles. The van der Waals surface area contributed by atoms with E-state index < -0.39 is 0 Å². The van der Waals surface area contributed by atoms with Gasteiger partial charge < -0.3 is 0 Å². The van der Waals surface area contributed by atoms with Crippen LogP contribution in [-0.4, -0.2) is 45.2 Å². The van der Waals surface area contributed by atoms with Crippen molar-refractivity contribution in [2.75, 3.05) is 31.1 Å². The van der Waals surface area contributed by atoms with Crippen LogP contribution < -0.4 is 21.5 Å². The van der Waals surface area contributed by atoms with E-state index in [-0.39, 0.29) is 0 Å². The summed E-state index contributed by atoms with van der Waals surface area (Å²) in [5.41, 5.74) is 0. The van der Waals surface area contributed by atoms with Crippen molar-refractivity contribution in [2.24, 2.45) is 5.92 Å². The molecule has 0 amide bonds. The summed E-state index contributed by atoms with van der Waals surface area (Å²) in [6, 6.07) is 0.937. The van der Waals surface area contributed by atoms with Gasteiger partial charge in [0.1, 0.15) is 0 Å². The van der Waals surface area contributed by atoms with E-state index in [1.165, 1.54) is 39.0 Å². The van der Waals surface area contributed by atoms with Gasteiger partial charge in [0.25, 0.3) is 0 Å². The second kappa shape index (κ2) is 4.45. The van der Waals surface area contributed by atoms with Crippen LogP contribution in [0.25, 0.3) is 0 Å². The van der Waals surface area contributed by atoms with Gasteiger partial charge in [-0.25, -0.2) is 0 Å². The third kappa shape index (κ3) is 2.02. The Balaban J connectivity index is 1.99. The standard InChI is InChI=1S/C10H20IN2/c1-3-12-7-9-5-4-6-13(11-2)10(9)8-12/h9-10H,3-8H2,1-2H3/q-1. The van der Waals surface area contributed by atoms with Gasteiger partial charge in [-0.3, -0.25) is 0 Å². The number of hydrogen-bond donors (Lipinski definition) is 0. The Morgan fingerprint density at radius 2 is 2.23 bits per heavy atom. The quantitative estimate of drug-likeness (QED) is 0.331. The van der Waals surface area contributed by atoms with Crippen LogP contribution in [0.15, 0.2) is 0 Å². The molecule has 0 aromatic rings. The Morgan fingerprint density at radius 3 is 2.92 bits per heavy atom. The van der Waals surface area contributed by atoms with Gasteiger partial charge in [0.05, 0.1) is 0 Å². The molecule has 2 saturated heterocycles. The zero-order valence-corrected chi connectivity index (χ0v) is 10.8. The number of likely N-dealkylation sites (tertiary alicyclic amines) is 1. The minimum absolute atomic E-state index is 0.334. The van der Waals surface area contributed by atoms with Gasteiger partial charge in [0.2, 0.25) is 0 Å². The fraction of sp³-hybridized carbons (Fsp3) is 1.00. The second-order valence-electron chi connectivity index (χ2n) is 4.11. The van der Waals surface area contributed by atoms with Gasteiger partial charge in [-0.15, -0.1) is 0 Å². The van der Waals surface area contributed by atoms with Gasteiger partial charge in [0.15, 0.2) is 0 Å². The van der Waals surface area contributed by atoms with E-state index in [4.69, 9.17) is 0 Å². The third-order valence-corrected chi connectivity index (χ3v) is 5.89. The molecule has 2 rings (SSSR count). The average molecular weight is 295 g/mol. The molecule has 2 heterocycles. The molecular weight excluding hydrogens is 275 g/mol. The zero-order chi connectivity index (χ0) is 9.26. The number of hydrogen-bond acceptors (Lipinski definition) is 2. The van der Waals surface area contributed by atoms with Crippen LogP contribution in [-0.2, 0) is 0 Å². The number of alkyl halides is 1. The normalized spacial score (nSPS) is 36.8. The summed E-state index contributed by atoms with van der Waals surface area (Å²) in [5, 5.41) is 0. The van der Waals surface area contributed by atoms with Crippen LogP contribution in [0.3, 0.4) is 0 Å². The van der Waals surface area contributed by atoms with Gasteiger partial charge >= 0.3 is 92.3 Å². The number of halogens is 1. The molecule has 3 heteroatoms. The van der Waals surface area contributed by atoms with Crippen molar-refractivity contribution in [3.05, 3.63) is 0 Å². The second-order valence-corrected chi connectivity index (χ2v) is 6.32. The fourth-order valence-electron chi connectivity index (χ4n) is 2.68. The van der Waals surface area contributed by atoms with Crippen molar-refractivity contribution in [3.63, 3.8) is 0 Å². The minimum atomic E-state index is 0.334. The number of piperidine rings is 1. The van der Waals surface area contributed by atoms with Crippen LogP contribution in [0.5, 0.6) is 0 Å². The molecule has 78 valence electrons. The van der Waals surface area contributed by atoms with E-state index in [0.717, 1.165) is 12.0 Å². The molecule has 0 radical (unpaired) electrons. The summed E-state index contributed by atoms with van der Waals surface area (Å²) in [4.78, 5) is 5.04. The summed E-state index contributed by atoms with van der Waals surface area (Å²) in [6.07, 6.45) is 2.94. The monoisotopic (exact) mass is 295 g/mol. The van der Waals surface area contributed by atoms with E-state index >= 15 is 0 Å². The van der Waals surface area contributed by atoms with E-state index in [2.05, 4.69) is 19.9 Å². The first kappa shape index (κ1) is 10.2. The van der Waals surface area contributed by atoms with Crippen molar-refractivity contribution in [1.29, 1.82) is 0 Å². The first-order valence-electron chi connectivity index (χ1n) is 5.34. The van der Waals surface area contributed by atoms with Crippen molar-refractivity contribution >= 4 is 0 Å². The molecule has 0 spiro atoms. The van der Waals surface area contributed by atoms with Crippen LogP contribution in [0, 0.1) is 5.92 Å². The van der Waals surface area contributed by atoms with E-state index in [9.17, 15) is 0 Å². The summed E-state index contributed by atoms with van der Waals surface area (Å²) >= 11 is 0.334. The summed E-state index contributed by atoms with van der Waals surface area (Å²) < 4.78 is 2.79. The molecular formula is C10H20IN2-. The first-order chi connectivity index (χ1) is 6.35. The van der Waals surface area contributed by atoms with E-state index in [1.54, 1.807) is 0 Å². The summed E-state index contributed by atoms with van der Waals surface area (Å²) in [6.45, 7) is 7.67. The number of likely N-dealkylation sites (N-methyl/N-ethyl adjacent to an activating group) is 1. The molecule has 13 heavy (non-hydrogen) atoms. The Labute approximate surface area is 92.3 Å². The molecule has 2 nitrogen and oxygen atoms in total. The molecule has 2 unspecified atom stereocenters. The van der Waals surface area contributed by atoms with Gasteiger partial charge in [-0.05, 0) is 0 Å². The van der Waals surface area contributed by atoms with E-state index in [0.29, 0.717) is 21.5 Å². The van der Waals surface area contributed by atoms with Crippen LogP contribution in [0.1, 0.15) is 19.8 Å². The molecule has 0 saturated carbocycles. The van der Waals surface area contributed by atoms with Gasteiger partial charge in [-0.2, -0.15) is 0 Å². The Bertz CT molecular complexity index is 174. The fourth-order valence-corrected chi connectivity index (χ4v) is 4.85. The van der Waals surface area contributed by atoms with Crippen molar-refractivity contribution in [1.82, 2.24) is 8.01 Å². The summed E-state index contributed by atoms with van der Waals surface area (Å²) in [7, 11) is 0. The van der Waals surface area contributed by atoms with Crippen LogP contribution >= 0.6 is 0 Å². The maximum absolute atomic E-state index is 2.79. The third-order valence-electron chi connectivity index (χ3n) is 3.45. The Hall–Kier alpha value is 0.650. The predicted molar refractivity (Wildman–Crippen MR) is 51.3 cm³/mol. The average Bonchev–Trinajstić information content (AvgIpc) is 2.59. The van der Waals surface area contributed by atoms with Crippen molar-refractivity contribution in [3.8, 4) is 0 Å². The number of nitrogens with zero attached hydrogens (tertiary/aromatic N) is 2. The van der Waals surface area contributed by atoms with Crippen molar-refractivity contribution < 1.29 is 21.5 Å². The topological polar surface area (TPSA) is 6.48 Å². The SMILES string of the molecule is CCN1CC2CCCN([I-]C)C2C1. The van der Waals surface area contributed by atoms with Crippen LogP contribution in [0.4, 0.5) is 0 Å². The van der Waals surface area contributed by atoms with Gasteiger partial charge in [0, 0.05) is 0 Å². The van der Waals surface area contributed by atoms with Crippen molar-refractivity contribution in [2.45, 2.75) is 25.8 Å². The molecule has 0 N–H and O–H groups in total. The molecule has 0 bridgehead atoms. The molecule has 0 aromatic carbocycles. The zero-order valence-electron chi connectivity index (χ0n) is 8.67. The first-order valence-corrected chi connectivity index (χ1v) is 8.46. The Kier molecular flexibility index (Phi) is 3.48. The molecule has 2 atom stereocenters. The Morgan fingerprint density at radius 1 is 1.38 bits per heavy atom. The van der Waals surface area contributed by atoms with Gasteiger partial charge in [-0.1, -0.05) is 0 Å². The van der Waals surface area contributed by atoms with E-state index in [1.807, 2.05) is 0 Å². The number of rotatable bonds is 2. The molecule has 2 fully saturated rings. The number of fused-ring (bicyclic) bond motifs is 1. The predicted octanol–water partition coefficient (Wildman–Crippen LogP) is -1.96. The van der Waals surface area contributed by atoms with Crippen LogP contribution in [0.2, 0.25) is 0 Å². The maximum atomic E-state index is 2.79. The molecule has 0 aromatic heterocycles. The molecule has 2 aliphatic heterocycles. The summed E-state index contributed by atoms with van der Waals surface area (Å²) in [5.74, 6) is 1.01.